The number of rotatable bonds is 6. The summed E-state index contributed by atoms with van der Waals surface area (Å²) in [4.78, 5) is 15.8. The summed E-state index contributed by atoms with van der Waals surface area (Å²) in [7, 11) is 1.57. The van der Waals surface area contributed by atoms with Gasteiger partial charge in [-0.3, -0.25) is 0 Å². The lowest BCUT2D eigenvalue weighted by Gasteiger charge is -2.23. The molecule has 1 saturated heterocycles. The molecule has 0 aliphatic carbocycles. The maximum atomic E-state index is 5.03. The number of thiazole rings is 1. The Labute approximate surface area is 158 Å². The van der Waals surface area contributed by atoms with Crippen LogP contribution in [0, 0.1) is 0 Å². The van der Waals surface area contributed by atoms with Gasteiger partial charge in [0.1, 0.15) is 0 Å². The summed E-state index contributed by atoms with van der Waals surface area (Å²) in [6.07, 6.45) is 8.53. The Morgan fingerprint density at radius 2 is 1.92 bits per heavy atom. The summed E-state index contributed by atoms with van der Waals surface area (Å²) in [6.45, 7) is 4.86. The second-order valence-electron chi connectivity index (χ2n) is 6.88. The van der Waals surface area contributed by atoms with Crippen LogP contribution in [0.3, 0.4) is 0 Å². The van der Waals surface area contributed by atoms with Crippen LogP contribution in [0.25, 0.3) is 21.3 Å². The Balaban J connectivity index is 1.48. The third kappa shape index (κ3) is 3.71. The molecule has 1 aliphatic heterocycles. The minimum atomic E-state index is 0.391. The maximum Gasteiger partial charge on any atom is 0.316 e. The van der Waals surface area contributed by atoms with E-state index in [4.69, 9.17) is 9.72 Å². The molecule has 5 nitrogen and oxygen atoms in total. The fourth-order valence-electron chi connectivity index (χ4n) is 3.53. The minimum Gasteiger partial charge on any atom is -0.467 e. The lowest BCUT2D eigenvalue weighted by atomic mass is 10.1. The summed E-state index contributed by atoms with van der Waals surface area (Å²) in [5.74, 6) is 0. The molecule has 136 valence electrons. The maximum absolute atomic E-state index is 5.03. The van der Waals surface area contributed by atoms with Crippen LogP contribution in [0.1, 0.15) is 31.2 Å². The van der Waals surface area contributed by atoms with E-state index in [1.54, 1.807) is 30.8 Å². The van der Waals surface area contributed by atoms with Crippen molar-refractivity contribution in [2.75, 3.05) is 20.2 Å². The van der Waals surface area contributed by atoms with Gasteiger partial charge in [-0.25, -0.2) is 15.0 Å². The van der Waals surface area contributed by atoms with Crippen LogP contribution in [0.5, 0.6) is 6.01 Å². The second kappa shape index (κ2) is 7.68. The van der Waals surface area contributed by atoms with Gasteiger partial charge in [-0.05, 0) is 57.0 Å². The average molecular weight is 369 g/mol. The van der Waals surface area contributed by atoms with E-state index in [1.165, 1.54) is 42.1 Å². The predicted molar refractivity (Wildman–Crippen MR) is 106 cm³/mol. The van der Waals surface area contributed by atoms with Gasteiger partial charge < -0.3 is 9.64 Å². The van der Waals surface area contributed by atoms with Gasteiger partial charge in [-0.2, -0.15) is 0 Å². The lowest BCUT2D eigenvalue weighted by Crippen LogP contribution is -2.30. The first-order valence-electron chi connectivity index (χ1n) is 9.23. The first kappa shape index (κ1) is 17.4. The van der Waals surface area contributed by atoms with E-state index in [2.05, 4.69) is 40.0 Å². The van der Waals surface area contributed by atoms with Crippen LogP contribution in [0.4, 0.5) is 0 Å². The van der Waals surface area contributed by atoms with Crippen molar-refractivity contribution >= 4 is 21.6 Å². The molecule has 1 fully saturated rings. The Morgan fingerprint density at radius 3 is 2.65 bits per heavy atom. The third-order valence-electron chi connectivity index (χ3n) is 5.12. The molecule has 2 aromatic heterocycles. The van der Waals surface area contributed by atoms with Gasteiger partial charge in [0.15, 0.2) is 0 Å². The van der Waals surface area contributed by atoms with Crippen molar-refractivity contribution in [2.45, 2.75) is 38.6 Å². The molecule has 3 heterocycles. The van der Waals surface area contributed by atoms with E-state index in [1.807, 2.05) is 0 Å². The minimum absolute atomic E-state index is 0.391. The van der Waals surface area contributed by atoms with Crippen LogP contribution >= 0.6 is 11.3 Å². The number of likely N-dealkylation sites (tertiary alicyclic amines) is 1. The van der Waals surface area contributed by atoms with Crippen LogP contribution < -0.4 is 4.74 Å². The van der Waals surface area contributed by atoms with Crippen molar-refractivity contribution in [1.82, 2.24) is 19.9 Å². The van der Waals surface area contributed by atoms with Gasteiger partial charge in [0.05, 0.1) is 22.3 Å². The van der Waals surface area contributed by atoms with E-state index in [9.17, 15) is 0 Å². The highest BCUT2D eigenvalue weighted by atomic mass is 32.1. The summed E-state index contributed by atoms with van der Waals surface area (Å²) in [5.41, 5.74) is 3.18. The van der Waals surface area contributed by atoms with Gasteiger partial charge in [0.2, 0.25) is 0 Å². The zero-order chi connectivity index (χ0) is 17.9. The third-order valence-corrected chi connectivity index (χ3v) is 6.19. The topological polar surface area (TPSA) is 51.1 Å². The molecule has 1 unspecified atom stereocenters. The molecule has 0 radical (unpaired) electrons. The highest BCUT2D eigenvalue weighted by Crippen LogP contribution is 2.29. The van der Waals surface area contributed by atoms with E-state index < -0.39 is 0 Å². The molecule has 0 spiro atoms. The largest absolute Gasteiger partial charge is 0.467 e. The Kier molecular flexibility index (Phi) is 5.13. The van der Waals surface area contributed by atoms with E-state index in [-0.39, 0.29) is 0 Å². The van der Waals surface area contributed by atoms with Crippen molar-refractivity contribution in [3.63, 3.8) is 0 Å². The van der Waals surface area contributed by atoms with Crippen LogP contribution in [-0.2, 0) is 6.42 Å². The first-order valence-corrected chi connectivity index (χ1v) is 10.0. The monoisotopic (exact) mass is 368 g/mol. The number of aromatic nitrogens is 3. The number of aryl methyl sites for hydroxylation is 1. The summed E-state index contributed by atoms with van der Waals surface area (Å²) in [5, 5.41) is 1.23. The van der Waals surface area contributed by atoms with Crippen molar-refractivity contribution in [2.24, 2.45) is 0 Å². The number of ether oxygens (including phenoxy) is 1. The van der Waals surface area contributed by atoms with Crippen LogP contribution in [0.15, 0.2) is 30.6 Å². The van der Waals surface area contributed by atoms with Crippen molar-refractivity contribution < 1.29 is 4.74 Å². The van der Waals surface area contributed by atoms with Gasteiger partial charge >= 0.3 is 6.01 Å². The van der Waals surface area contributed by atoms with Gasteiger partial charge in [-0.15, -0.1) is 11.3 Å². The molecule has 1 aromatic carbocycles. The molecule has 4 rings (SSSR count). The smallest absolute Gasteiger partial charge is 0.316 e. The molecular weight excluding hydrogens is 344 g/mol. The number of hydrogen-bond donors (Lipinski definition) is 0. The fourth-order valence-corrected chi connectivity index (χ4v) is 4.55. The molecule has 0 amide bonds. The van der Waals surface area contributed by atoms with E-state index in [0.29, 0.717) is 12.1 Å². The van der Waals surface area contributed by atoms with Crippen molar-refractivity contribution in [3.8, 4) is 17.1 Å². The van der Waals surface area contributed by atoms with Crippen molar-refractivity contribution in [3.05, 3.63) is 35.6 Å². The molecule has 6 heteroatoms. The zero-order valence-corrected chi connectivity index (χ0v) is 16.1. The molecule has 0 saturated carbocycles. The number of hydrogen-bond acceptors (Lipinski definition) is 6. The average Bonchev–Trinajstić information content (AvgIpc) is 3.35. The molecular formula is C20H24N4OS. The molecule has 26 heavy (non-hydrogen) atoms. The molecule has 0 bridgehead atoms. The Hall–Kier alpha value is -2.05. The standard InChI is InChI=1S/C20H24N4OS/c1-14(24-9-3-4-10-24)5-8-19-23-17-7-6-15(11-18(17)26-19)16-12-21-20(25-2)22-13-16/h6-7,11-14H,3-5,8-10H2,1-2H3. The van der Waals surface area contributed by atoms with Crippen LogP contribution in [0.2, 0.25) is 0 Å². The second-order valence-corrected chi connectivity index (χ2v) is 7.99. The molecule has 1 atom stereocenters. The van der Waals surface area contributed by atoms with Gasteiger partial charge in [0.25, 0.3) is 0 Å². The van der Waals surface area contributed by atoms with E-state index >= 15 is 0 Å². The SMILES string of the molecule is COc1ncc(-c2ccc3nc(CCC(C)N4CCCC4)sc3c2)cn1. The molecule has 1 aliphatic rings. The van der Waals surface area contributed by atoms with Crippen molar-refractivity contribution in [1.29, 1.82) is 0 Å². The number of methoxy groups -OCH3 is 1. The number of benzene rings is 1. The van der Waals surface area contributed by atoms with Gasteiger partial charge in [-0.1, -0.05) is 6.07 Å². The summed E-state index contributed by atoms with van der Waals surface area (Å²) >= 11 is 1.80. The zero-order valence-electron chi connectivity index (χ0n) is 15.3. The highest BCUT2D eigenvalue weighted by Gasteiger charge is 2.18. The fraction of sp³-hybridized carbons (Fsp3) is 0.450. The summed E-state index contributed by atoms with van der Waals surface area (Å²) in [6, 6.07) is 7.41. The Bertz CT molecular complexity index is 871. The molecule has 0 N–H and O–H groups in total. The van der Waals surface area contributed by atoms with E-state index in [0.717, 1.165) is 23.1 Å². The highest BCUT2D eigenvalue weighted by molar-refractivity contribution is 7.18. The molecule has 3 aromatic rings. The number of fused-ring (bicyclic) bond motifs is 1. The van der Waals surface area contributed by atoms with Gasteiger partial charge in [0, 0.05) is 30.4 Å². The van der Waals surface area contributed by atoms with Crippen LogP contribution in [-0.4, -0.2) is 46.1 Å². The summed E-state index contributed by atoms with van der Waals surface area (Å²) < 4.78 is 6.25. The first-order chi connectivity index (χ1) is 12.7. The lowest BCUT2D eigenvalue weighted by molar-refractivity contribution is 0.247. The number of nitrogens with zero attached hydrogens (tertiary/aromatic N) is 4. The Morgan fingerprint density at radius 1 is 1.15 bits per heavy atom. The quantitative estimate of drug-likeness (QED) is 0.653. The predicted octanol–water partition coefficient (Wildman–Crippen LogP) is 4.18. The normalized spacial score (nSPS) is 16.2.